The van der Waals surface area contributed by atoms with Crippen LogP contribution in [0.3, 0.4) is 0 Å². The van der Waals surface area contributed by atoms with E-state index in [-0.39, 0.29) is 29.3 Å². The Morgan fingerprint density at radius 1 is 1.10 bits per heavy atom. The number of ketones is 1. The minimum Gasteiger partial charge on any atom is -0.497 e. The number of methoxy groups -OCH3 is 1. The molecule has 41 heavy (non-hydrogen) atoms. The van der Waals surface area contributed by atoms with Crippen LogP contribution in [0.1, 0.15) is 43.9 Å². The van der Waals surface area contributed by atoms with Crippen molar-refractivity contribution in [1.82, 2.24) is 5.32 Å². The quantitative estimate of drug-likeness (QED) is 0.276. The predicted molar refractivity (Wildman–Crippen MR) is 158 cm³/mol. The van der Waals surface area contributed by atoms with Crippen LogP contribution in [0, 0.1) is 15.5 Å². The zero-order chi connectivity index (χ0) is 29.1. The Bertz CT molecular complexity index is 1510. The Morgan fingerprint density at radius 3 is 2.59 bits per heavy atom. The molecule has 212 valence electrons. The Kier molecular flexibility index (Phi) is 7.79. The molecule has 0 saturated heterocycles. The fraction of sp³-hybridized carbons (Fsp3) is 0.312. The van der Waals surface area contributed by atoms with Gasteiger partial charge in [0, 0.05) is 36.4 Å². The SMILES string of the molecule is COc1ccc(CCNC(=O)CN2c3ccccc3NC3=C(C(=O)CC(C)(C)C3)C2c2cccc([N+](=O)[O-])c2)cc1. The Morgan fingerprint density at radius 2 is 1.85 bits per heavy atom. The molecule has 1 unspecified atom stereocenters. The van der Waals surface area contributed by atoms with Crippen LogP contribution in [0.4, 0.5) is 17.1 Å². The third-order valence-electron chi connectivity index (χ3n) is 7.61. The maximum Gasteiger partial charge on any atom is 0.269 e. The predicted octanol–water partition coefficient (Wildman–Crippen LogP) is 5.58. The average molecular weight is 555 g/mol. The van der Waals surface area contributed by atoms with Gasteiger partial charge in [0.25, 0.3) is 5.69 Å². The minimum atomic E-state index is -0.683. The van der Waals surface area contributed by atoms with Crippen molar-refractivity contribution in [2.45, 2.75) is 39.2 Å². The molecule has 1 aliphatic heterocycles. The maximum atomic E-state index is 13.8. The summed E-state index contributed by atoms with van der Waals surface area (Å²) in [5.41, 5.74) is 4.20. The summed E-state index contributed by atoms with van der Waals surface area (Å²) >= 11 is 0. The summed E-state index contributed by atoms with van der Waals surface area (Å²) < 4.78 is 5.21. The van der Waals surface area contributed by atoms with E-state index in [1.807, 2.05) is 53.4 Å². The van der Waals surface area contributed by atoms with E-state index in [9.17, 15) is 19.7 Å². The first kappa shape index (κ1) is 27.9. The number of nitrogens with one attached hydrogen (secondary N) is 2. The van der Waals surface area contributed by atoms with E-state index in [0.717, 1.165) is 28.4 Å². The molecule has 0 spiro atoms. The van der Waals surface area contributed by atoms with Crippen molar-refractivity contribution in [3.05, 3.63) is 105 Å². The Hall–Kier alpha value is -4.66. The van der Waals surface area contributed by atoms with Crippen LogP contribution in [0.5, 0.6) is 5.75 Å². The van der Waals surface area contributed by atoms with Crippen molar-refractivity contribution >= 4 is 28.8 Å². The molecular weight excluding hydrogens is 520 g/mol. The zero-order valence-electron chi connectivity index (χ0n) is 23.5. The summed E-state index contributed by atoms with van der Waals surface area (Å²) in [5, 5.41) is 18.2. The maximum absolute atomic E-state index is 13.8. The van der Waals surface area contributed by atoms with Gasteiger partial charge in [-0.2, -0.15) is 0 Å². The fourth-order valence-electron chi connectivity index (χ4n) is 5.73. The summed E-state index contributed by atoms with van der Waals surface area (Å²) in [6, 6.07) is 21.0. The number of anilines is 2. The molecule has 5 rings (SSSR count). The van der Waals surface area contributed by atoms with Gasteiger partial charge in [-0.1, -0.05) is 50.2 Å². The van der Waals surface area contributed by atoms with Gasteiger partial charge >= 0.3 is 0 Å². The van der Waals surface area contributed by atoms with Gasteiger partial charge in [-0.05, 0) is 53.6 Å². The Balaban J connectivity index is 1.51. The van der Waals surface area contributed by atoms with E-state index in [1.54, 1.807) is 19.2 Å². The number of fused-ring (bicyclic) bond motifs is 1. The minimum absolute atomic E-state index is 0.0297. The van der Waals surface area contributed by atoms with Crippen LogP contribution in [0.2, 0.25) is 0 Å². The van der Waals surface area contributed by atoms with Crippen LogP contribution in [0.15, 0.2) is 84.1 Å². The lowest BCUT2D eigenvalue weighted by molar-refractivity contribution is -0.384. The third kappa shape index (κ3) is 6.09. The van der Waals surface area contributed by atoms with E-state index in [2.05, 4.69) is 24.5 Å². The Labute approximate surface area is 239 Å². The molecule has 0 bridgehead atoms. The van der Waals surface area contributed by atoms with Crippen molar-refractivity contribution in [3.63, 3.8) is 0 Å². The molecule has 1 amide bonds. The van der Waals surface area contributed by atoms with Crippen molar-refractivity contribution in [2.24, 2.45) is 5.41 Å². The van der Waals surface area contributed by atoms with E-state index < -0.39 is 11.0 Å². The number of non-ortho nitro benzene ring substituents is 1. The fourth-order valence-corrected chi connectivity index (χ4v) is 5.73. The van der Waals surface area contributed by atoms with Crippen molar-refractivity contribution in [2.75, 3.05) is 30.4 Å². The van der Waals surface area contributed by atoms with Gasteiger partial charge in [-0.25, -0.2) is 0 Å². The van der Waals surface area contributed by atoms with Crippen LogP contribution >= 0.6 is 0 Å². The smallest absolute Gasteiger partial charge is 0.269 e. The molecule has 1 atom stereocenters. The summed E-state index contributed by atoms with van der Waals surface area (Å²) in [5.74, 6) is 0.530. The van der Waals surface area contributed by atoms with Gasteiger partial charge in [-0.3, -0.25) is 19.7 Å². The number of nitrogens with zero attached hydrogens (tertiary/aromatic N) is 2. The lowest BCUT2D eigenvalue weighted by Gasteiger charge is -2.37. The number of ether oxygens (including phenoxy) is 1. The van der Waals surface area contributed by atoms with Gasteiger partial charge in [0.2, 0.25) is 5.91 Å². The topological polar surface area (TPSA) is 114 Å². The van der Waals surface area contributed by atoms with Crippen molar-refractivity contribution < 1.29 is 19.2 Å². The second-order valence-corrected chi connectivity index (χ2v) is 11.3. The standard InChI is InChI=1S/C32H34N4O5/c1-32(2)18-26-30(28(37)19-32)31(22-7-6-8-23(17-22)36(39)40)35(27-10-5-4-9-25(27)34-26)20-29(38)33-16-15-21-11-13-24(41-3)14-12-21/h4-14,17,31,34H,15-16,18-20H2,1-3H3,(H,33,38). The highest BCUT2D eigenvalue weighted by molar-refractivity contribution is 6.02. The molecule has 0 radical (unpaired) electrons. The molecule has 2 aliphatic rings. The molecule has 1 aliphatic carbocycles. The third-order valence-corrected chi connectivity index (χ3v) is 7.61. The van der Waals surface area contributed by atoms with E-state index in [0.29, 0.717) is 36.9 Å². The van der Waals surface area contributed by atoms with Gasteiger partial charge < -0.3 is 20.3 Å². The second-order valence-electron chi connectivity index (χ2n) is 11.3. The second kappa shape index (κ2) is 11.4. The molecule has 9 nitrogen and oxygen atoms in total. The molecule has 0 aromatic heterocycles. The molecule has 3 aromatic rings. The molecule has 2 N–H and O–H groups in total. The first-order valence-corrected chi connectivity index (χ1v) is 13.7. The normalized spacial score (nSPS) is 17.6. The van der Waals surface area contributed by atoms with E-state index in [1.165, 1.54) is 12.1 Å². The monoisotopic (exact) mass is 554 g/mol. The summed E-state index contributed by atoms with van der Waals surface area (Å²) in [4.78, 5) is 40.4. The number of benzene rings is 3. The molecule has 0 saturated carbocycles. The number of amides is 1. The number of carbonyl (C=O) groups excluding carboxylic acids is 2. The average Bonchev–Trinajstić information content (AvgIpc) is 3.07. The van der Waals surface area contributed by atoms with Crippen LogP contribution in [0.25, 0.3) is 0 Å². The van der Waals surface area contributed by atoms with Crippen LogP contribution in [-0.4, -0.2) is 36.8 Å². The van der Waals surface area contributed by atoms with E-state index >= 15 is 0 Å². The van der Waals surface area contributed by atoms with Gasteiger partial charge in [-0.15, -0.1) is 0 Å². The lowest BCUT2D eigenvalue weighted by Crippen LogP contribution is -2.42. The number of hydrogen-bond acceptors (Lipinski definition) is 7. The molecule has 3 aromatic carbocycles. The zero-order valence-corrected chi connectivity index (χ0v) is 23.5. The highest BCUT2D eigenvalue weighted by Crippen LogP contribution is 2.48. The highest BCUT2D eigenvalue weighted by atomic mass is 16.6. The molecule has 0 fully saturated rings. The number of allylic oxidation sites excluding steroid dienone is 1. The number of Topliss-reactive ketones (excluding diaryl/α,β-unsaturated/α-hetero) is 1. The number of hydrogen-bond donors (Lipinski definition) is 2. The van der Waals surface area contributed by atoms with Gasteiger partial charge in [0.15, 0.2) is 5.78 Å². The summed E-state index contributed by atoms with van der Waals surface area (Å²) in [6.45, 7) is 4.51. The van der Waals surface area contributed by atoms with Crippen LogP contribution < -0.4 is 20.3 Å². The lowest BCUT2D eigenvalue weighted by atomic mass is 9.73. The molecular formula is C32H34N4O5. The summed E-state index contributed by atoms with van der Waals surface area (Å²) in [6.07, 6.45) is 1.62. The van der Waals surface area contributed by atoms with Crippen molar-refractivity contribution in [3.8, 4) is 5.75 Å². The van der Waals surface area contributed by atoms with Crippen LogP contribution in [-0.2, 0) is 16.0 Å². The van der Waals surface area contributed by atoms with Gasteiger partial charge in [0.05, 0.1) is 36.0 Å². The largest absolute Gasteiger partial charge is 0.497 e. The van der Waals surface area contributed by atoms with Crippen molar-refractivity contribution in [1.29, 1.82) is 0 Å². The molecule has 9 heteroatoms. The number of rotatable bonds is 8. The van der Waals surface area contributed by atoms with Gasteiger partial charge in [0.1, 0.15) is 5.75 Å². The molecule has 1 heterocycles. The summed E-state index contributed by atoms with van der Waals surface area (Å²) in [7, 11) is 1.62. The highest BCUT2D eigenvalue weighted by Gasteiger charge is 2.42. The number of para-hydroxylation sites is 2. The first-order chi connectivity index (χ1) is 19.6. The number of nitro groups is 1. The number of nitro benzene ring substituents is 1. The number of carbonyl (C=O) groups is 2. The van der Waals surface area contributed by atoms with E-state index in [4.69, 9.17) is 4.74 Å². The first-order valence-electron chi connectivity index (χ1n) is 13.7.